The molecule has 7 nitrogen and oxygen atoms in total. The number of rotatable bonds is 6. The minimum atomic E-state index is -4.50. The van der Waals surface area contributed by atoms with Gasteiger partial charge in [0.15, 0.2) is 23.7 Å². The fourth-order valence-corrected chi connectivity index (χ4v) is 3.48. The molecule has 2 aliphatic heterocycles. The van der Waals surface area contributed by atoms with E-state index in [2.05, 4.69) is 10.6 Å². The van der Waals surface area contributed by atoms with Crippen LogP contribution < -0.4 is 15.1 Å². The van der Waals surface area contributed by atoms with Crippen molar-refractivity contribution in [3.63, 3.8) is 0 Å². The average molecular weight is 414 g/mol. The van der Waals surface area contributed by atoms with Crippen molar-refractivity contribution in [2.75, 3.05) is 19.8 Å². The van der Waals surface area contributed by atoms with Crippen molar-refractivity contribution in [1.82, 2.24) is 5.48 Å². The van der Waals surface area contributed by atoms with E-state index >= 15 is 0 Å². The van der Waals surface area contributed by atoms with E-state index in [0.717, 1.165) is 19.3 Å². The molecule has 0 bridgehead atoms. The third-order valence-electron chi connectivity index (χ3n) is 5.03. The zero-order valence-electron chi connectivity index (χ0n) is 15.8. The molecule has 1 aromatic carbocycles. The first-order valence-corrected chi connectivity index (χ1v) is 9.39. The highest BCUT2D eigenvalue weighted by atomic mass is 19.4. The molecule has 158 valence electrons. The summed E-state index contributed by atoms with van der Waals surface area (Å²) < 4.78 is 48.7. The van der Waals surface area contributed by atoms with Gasteiger partial charge in [-0.2, -0.15) is 18.7 Å². The van der Waals surface area contributed by atoms with Crippen molar-refractivity contribution in [3.05, 3.63) is 23.3 Å². The summed E-state index contributed by atoms with van der Waals surface area (Å²) in [5.74, 6) is -0.422. The van der Waals surface area contributed by atoms with Crippen molar-refractivity contribution >= 4 is 11.6 Å². The first-order valence-electron chi connectivity index (χ1n) is 9.39. The number of carbonyl (C=O) groups excluding carboxylic acids is 1. The third-order valence-corrected chi connectivity index (χ3v) is 5.03. The maximum absolute atomic E-state index is 12.7. The van der Waals surface area contributed by atoms with Crippen molar-refractivity contribution in [2.45, 2.75) is 50.3 Å². The summed E-state index contributed by atoms with van der Waals surface area (Å²) in [6.07, 6.45) is -1.57. The number of halogens is 3. The van der Waals surface area contributed by atoms with Crippen molar-refractivity contribution < 1.29 is 37.1 Å². The Bertz CT molecular complexity index is 830. The van der Waals surface area contributed by atoms with E-state index in [-0.39, 0.29) is 17.4 Å². The van der Waals surface area contributed by atoms with Gasteiger partial charge in [-0.05, 0) is 30.9 Å². The SMILES string of the molecule is CC(=O)NOc1cc(C2=NOC3(CCOC3)C2)cc(C2CC2)c1OCC(F)(F)F. The molecule has 0 aromatic heterocycles. The van der Waals surface area contributed by atoms with Crippen LogP contribution in [0.1, 0.15) is 49.7 Å². The van der Waals surface area contributed by atoms with Crippen molar-refractivity contribution in [2.24, 2.45) is 5.16 Å². The molecule has 1 N–H and O–H groups in total. The predicted octanol–water partition coefficient (Wildman–Crippen LogP) is 3.22. The number of alkyl halides is 3. The maximum Gasteiger partial charge on any atom is 0.422 e. The lowest BCUT2D eigenvalue weighted by atomic mass is 9.92. The molecule has 1 spiro atoms. The van der Waals surface area contributed by atoms with Crippen LogP contribution in [0, 0.1) is 0 Å². The number of hydrogen-bond donors (Lipinski definition) is 1. The summed E-state index contributed by atoms with van der Waals surface area (Å²) in [5, 5.41) is 4.19. The van der Waals surface area contributed by atoms with Crippen molar-refractivity contribution in [1.29, 1.82) is 0 Å². The maximum atomic E-state index is 12.7. The van der Waals surface area contributed by atoms with E-state index in [4.69, 9.17) is 19.1 Å². The van der Waals surface area contributed by atoms with E-state index in [9.17, 15) is 18.0 Å². The van der Waals surface area contributed by atoms with Crippen LogP contribution >= 0.6 is 0 Å². The molecule has 1 saturated heterocycles. The normalized spacial score (nSPS) is 23.7. The Morgan fingerprint density at radius 1 is 1.38 bits per heavy atom. The summed E-state index contributed by atoms with van der Waals surface area (Å²) >= 11 is 0. The van der Waals surface area contributed by atoms with Crippen LogP contribution in [-0.2, 0) is 14.4 Å². The number of ether oxygens (including phenoxy) is 2. The Kier molecular flexibility index (Phi) is 5.05. The van der Waals surface area contributed by atoms with E-state index in [1.165, 1.54) is 13.0 Å². The lowest BCUT2D eigenvalue weighted by Crippen LogP contribution is -2.29. The molecule has 1 atom stereocenters. The van der Waals surface area contributed by atoms with E-state index in [1.807, 2.05) is 0 Å². The molecule has 1 aromatic rings. The van der Waals surface area contributed by atoms with Gasteiger partial charge in [-0.15, -0.1) is 0 Å². The fraction of sp³-hybridized carbons (Fsp3) is 0.579. The van der Waals surface area contributed by atoms with Gasteiger partial charge in [0.25, 0.3) is 0 Å². The molecule has 3 aliphatic rings. The standard InChI is InChI=1S/C19H21F3N2O5/c1-11(25)23-28-16-7-13(15-8-18(29-24-15)4-5-26-9-18)6-14(12-2-3-12)17(16)27-10-19(20,21)22/h6-7,12H,2-5,8-10H2,1H3,(H,23,25). The highest BCUT2D eigenvalue weighted by Crippen LogP contribution is 2.49. The zero-order valence-corrected chi connectivity index (χ0v) is 15.8. The molecule has 1 aliphatic carbocycles. The number of hydrogen-bond acceptors (Lipinski definition) is 6. The van der Waals surface area contributed by atoms with Gasteiger partial charge >= 0.3 is 6.18 Å². The van der Waals surface area contributed by atoms with E-state index < -0.39 is 24.3 Å². The van der Waals surface area contributed by atoms with Gasteiger partial charge in [-0.3, -0.25) is 4.79 Å². The van der Waals surface area contributed by atoms with Gasteiger partial charge in [0.1, 0.15) is 0 Å². The highest BCUT2D eigenvalue weighted by molar-refractivity contribution is 6.02. The second-order valence-electron chi connectivity index (χ2n) is 7.62. The summed E-state index contributed by atoms with van der Waals surface area (Å²) in [7, 11) is 0. The van der Waals surface area contributed by atoms with Crippen LogP contribution in [0.4, 0.5) is 13.2 Å². The number of amides is 1. The minimum Gasteiger partial charge on any atom is -0.480 e. The highest BCUT2D eigenvalue weighted by Gasteiger charge is 2.44. The quantitative estimate of drug-likeness (QED) is 0.724. The molecule has 10 heteroatoms. The monoisotopic (exact) mass is 414 g/mol. The smallest absolute Gasteiger partial charge is 0.422 e. The predicted molar refractivity (Wildman–Crippen MR) is 94.8 cm³/mol. The summed E-state index contributed by atoms with van der Waals surface area (Å²) in [6.45, 7) is 0.822. The Balaban J connectivity index is 1.66. The Morgan fingerprint density at radius 2 is 2.17 bits per heavy atom. The average Bonchev–Trinajstić information content (AvgIpc) is 3.27. The Hall–Kier alpha value is -2.49. The number of oxime groups is 1. The second kappa shape index (κ2) is 7.40. The van der Waals surface area contributed by atoms with Crippen LogP contribution in [0.15, 0.2) is 17.3 Å². The van der Waals surface area contributed by atoms with Crippen molar-refractivity contribution in [3.8, 4) is 11.5 Å². The third kappa shape index (κ3) is 4.58. The van der Waals surface area contributed by atoms with E-state index in [1.54, 1.807) is 6.07 Å². The van der Waals surface area contributed by atoms with E-state index in [0.29, 0.717) is 36.5 Å². The molecule has 1 unspecified atom stereocenters. The molecular weight excluding hydrogens is 393 g/mol. The molecule has 1 amide bonds. The molecule has 29 heavy (non-hydrogen) atoms. The van der Waals surface area contributed by atoms with Crippen LogP contribution in [0.2, 0.25) is 0 Å². The minimum absolute atomic E-state index is 0.00942. The van der Waals surface area contributed by atoms with Gasteiger partial charge in [0, 0.05) is 30.9 Å². The lowest BCUT2D eigenvalue weighted by molar-refractivity contribution is -0.154. The van der Waals surface area contributed by atoms with Gasteiger partial charge in [0.2, 0.25) is 5.91 Å². The number of nitrogens with zero attached hydrogens (tertiary/aromatic N) is 1. The lowest BCUT2D eigenvalue weighted by Gasteiger charge is -2.19. The zero-order chi connectivity index (χ0) is 20.6. The largest absolute Gasteiger partial charge is 0.480 e. The van der Waals surface area contributed by atoms with Crippen LogP contribution in [0.3, 0.4) is 0 Å². The molecular formula is C19H21F3N2O5. The molecule has 4 rings (SSSR count). The van der Waals surface area contributed by atoms with Crippen LogP contribution in [0.5, 0.6) is 11.5 Å². The van der Waals surface area contributed by atoms with Gasteiger partial charge in [-0.25, -0.2) is 0 Å². The fourth-order valence-electron chi connectivity index (χ4n) is 3.48. The summed E-state index contributed by atoms with van der Waals surface area (Å²) in [5.41, 5.74) is 3.61. The summed E-state index contributed by atoms with van der Waals surface area (Å²) in [6, 6.07) is 3.30. The number of hydroxylamine groups is 1. The first kappa shape index (κ1) is 19.8. The number of nitrogens with one attached hydrogen (secondary N) is 1. The Labute approximate surface area is 165 Å². The molecule has 1 saturated carbocycles. The summed E-state index contributed by atoms with van der Waals surface area (Å²) in [4.78, 5) is 22.2. The molecule has 0 radical (unpaired) electrons. The first-order chi connectivity index (χ1) is 13.7. The van der Waals surface area contributed by atoms with Gasteiger partial charge < -0.3 is 19.1 Å². The molecule has 2 heterocycles. The number of carbonyl (C=O) groups is 1. The van der Waals surface area contributed by atoms with Gasteiger partial charge in [0.05, 0.1) is 18.9 Å². The Morgan fingerprint density at radius 3 is 2.79 bits per heavy atom. The topological polar surface area (TPSA) is 78.4 Å². The number of benzene rings is 1. The second-order valence-corrected chi connectivity index (χ2v) is 7.62. The van der Waals surface area contributed by atoms with Crippen LogP contribution in [0.25, 0.3) is 0 Å². The molecule has 2 fully saturated rings. The van der Waals surface area contributed by atoms with Crippen LogP contribution in [-0.4, -0.2) is 43.2 Å². The van der Waals surface area contributed by atoms with Gasteiger partial charge in [-0.1, -0.05) is 5.16 Å².